The molecule has 1 heterocycles. The number of amides is 2. The van der Waals surface area contributed by atoms with Crippen molar-refractivity contribution in [1.29, 1.82) is 0 Å². The third-order valence-electron chi connectivity index (χ3n) is 2.87. The van der Waals surface area contributed by atoms with Gasteiger partial charge in [0.25, 0.3) is 0 Å². The zero-order chi connectivity index (χ0) is 13.3. The second kappa shape index (κ2) is 5.07. The summed E-state index contributed by atoms with van der Waals surface area (Å²) in [5.74, 6) is -0.278. The van der Waals surface area contributed by atoms with Crippen LogP contribution >= 0.6 is 15.9 Å². The normalized spacial score (nSPS) is 14.8. The Balaban J connectivity index is 2.56. The van der Waals surface area contributed by atoms with Crippen molar-refractivity contribution < 1.29 is 9.59 Å². The fourth-order valence-electron chi connectivity index (χ4n) is 2.01. The number of rotatable bonds is 1. The van der Waals surface area contributed by atoms with Crippen molar-refractivity contribution in [2.24, 2.45) is 5.73 Å². The van der Waals surface area contributed by atoms with E-state index in [1.54, 1.807) is 4.90 Å². The van der Waals surface area contributed by atoms with Crippen LogP contribution in [0.15, 0.2) is 16.6 Å². The van der Waals surface area contributed by atoms with Crippen LogP contribution in [0.3, 0.4) is 0 Å². The number of hydrogen-bond donors (Lipinski definition) is 2. The maximum Gasteiger partial charge on any atom is 0.240 e. The van der Waals surface area contributed by atoms with Crippen LogP contribution in [0.4, 0.5) is 11.4 Å². The lowest BCUT2D eigenvalue weighted by Crippen LogP contribution is -2.36. The van der Waals surface area contributed by atoms with Crippen molar-refractivity contribution in [3.8, 4) is 0 Å². The smallest absolute Gasteiger partial charge is 0.240 e. The van der Waals surface area contributed by atoms with Crippen molar-refractivity contribution in [2.75, 3.05) is 23.3 Å². The predicted octanol–water partition coefficient (Wildman–Crippen LogP) is 1.39. The highest BCUT2D eigenvalue weighted by atomic mass is 79.9. The van der Waals surface area contributed by atoms with Crippen LogP contribution in [0.5, 0.6) is 0 Å². The van der Waals surface area contributed by atoms with Crippen LogP contribution in [0, 0.1) is 6.92 Å². The average Bonchev–Trinajstić information content (AvgIpc) is 2.48. The van der Waals surface area contributed by atoms with Gasteiger partial charge >= 0.3 is 0 Å². The van der Waals surface area contributed by atoms with E-state index in [-0.39, 0.29) is 24.8 Å². The molecule has 0 unspecified atom stereocenters. The van der Waals surface area contributed by atoms with E-state index in [9.17, 15) is 9.59 Å². The van der Waals surface area contributed by atoms with Crippen LogP contribution in [0.1, 0.15) is 12.0 Å². The standard InChI is InChI=1S/C12H14BrN3O2/c1-7-4-8(13)5-9-12(7)15-10(17)2-3-16(9)11(18)6-14/h4-5H,2-3,6,14H2,1H3,(H,15,17). The molecular weight excluding hydrogens is 298 g/mol. The molecule has 96 valence electrons. The molecule has 2 rings (SSSR count). The minimum absolute atomic E-state index is 0.0702. The Labute approximate surface area is 113 Å². The average molecular weight is 312 g/mol. The first-order valence-electron chi connectivity index (χ1n) is 5.63. The molecule has 1 aromatic rings. The molecule has 0 saturated heterocycles. The monoisotopic (exact) mass is 311 g/mol. The molecule has 2 amide bonds. The summed E-state index contributed by atoms with van der Waals surface area (Å²) < 4.78 is 0.865. The maximum atomic E-state index is 11.9. The molecule has 0 aliphatic carbocycles. The second-order valence-corrected chi connectivity index (χ2v) is 5.08. The number of carbonyl (C=O) groups is 2. The highest BCUT2D eigenvalue weighted by Gasteiger charge is 2.24. The van der Waals surface area contributed by atoms with Gasteiger partial charge < -0.3 is 16.0 Å². The highest BCUT2D eigenvalue weighted by Crippen LogP contribution is 2.35. The summed E-state index contributed by atoms with van der Waals surface area (Å²) in [7, 11) is 0. The molecule has 0 atom stereocenters. The van der Waals surface area contributed by atoms with Crippen LogP contribution in [-0.2, 0) is 9.59 Å². The number of nitrogens with zero attached hydrogens (tertiary/aromatic N) is 1. The number of halogens is 1. The van der Waals surface area contributed by atoms with Gasteiger partial charge in [0.2, 0.25) is 11.8 Å². The second-order valence-electron chi connectivity index (χ2n) is 4.16. The van der Waals surface area contributed by atoms with Gasteiger partial charge in [0.05, 0.1) is 17.9 Å². The summed E-state index contributed by atoms with van der Waals surface area (Å²) in [5, 5.41) is 2.83. The van der Waals surface area contributed by atoms with Gasteiger partial charge in [-0.2, -0.15) is 0 Å². The minimum Gasteiger partial charge on any atom is -0.324 e. The van der Waals surface area contributed by atoms with Crippen LogP contribution in [0.2, 0.25) is 0 Å². The summed E-state index contributed by atoms with van der Waals surface area (Å²) in [6.45, 7) is 2.17. The fourth-order valence-corrected chi connectivity index (χ4v) is 2.57. The van der Waals surface area contributed by atoms with Crippen molar-refractivity contribution in [2.45, 2.75) is 13.3 Å². The third kappa shape index (κ3) is 2.39. The molecule has 0 spiro atoms. The Morgan fingerprint density at radius 2 is 2.28 bits per heavy atom. The lowest BCUT2D eigenvalue weighted by molar-refractivity contribution is -0.117. The van der Waals surface area contributed by atoms with Gasteiger partial charge in [0, 0.05) is 17.4 Å². The fraction of sp³-hybridized carbons (Fsp3) is 0.333. The van der Waals surface area contributed by atoms with Gasteiger partial charge in [-0.15, -0.1) is 0 Å². The van der Waals surface area contributed by atoms with Crippen molar-refractivity contribution in [1.82, 2.24) is 0 Å². The number of hydrogen-bond acceptors (Lipinski definition) is 3. The largest absolute Gasteiger partial charge is 0.324 e. The van der Waals surface area contributed by atoms with Gasteiger partial charge in [-0.25, -0.2) is 0 Å². The van der Waals surface area contributed by atoms with E-state index < -0.39 is 0 Å². The summed E-state index contributed by atoms with van der Waals surface area (Å²) in [6.07, 6.45) is 0.275. The summed E-state index contributed by atoms with van der Waals surface area (Å²) in [6, 6.07) is 3.72. The molecular formula is C12H14BrN3O2. The zero-order valence-electron chi connectivity index (χ0n) is 10.00. The number of fused-ring (bicyclic) bond motifs is 1. The number of anilines is 2. The van der Waals surface area contributed by atoms with Crippen LogP contribution in [0.25, 0.3) is 0 Å². The number of aryl methyl sites for hydroxylation is 1. The molecule has 1 aliphatic heterocycles. The Kier molecular flexibility index (Phi) is 3.68. The molecule has 1 aromatic carbocycles. The molecule has 0 saturated carbocycles. The summed E-state index contributed by atoms with van der Waals surface area (Å²) in [4.78, 5) is 25.1. The van der Waals surface area contributed by atoms with Crippen molar-refractivity contribution in [3.05, 3.63) is 22.2 Å². The molecule has 1 aliphatic rings. The van der Waals surface area contributed by atoms with E-state index >= 15 is 0 Å². The Bertz CT molecular complexity index is 516. The van der Waals surface area contributed by atoms with E-state index in [2.05, 4.69) is 21.2 Å². The Hall–Kier alpha value is -1.40. The SMILES string of the molecule is Cc1cc(Br)cc2c1NC(=O)CCN2C(=O)CN. The molecule has 0 fully saturated rings. The third-order valence-corrected chi connectivity index (χ3v) is 3.33. The zero-order valence-corrected chi connectivity index (χ0v) is 11.6. The number of carbonyl (C=O) groups excluding carboxylic acids is 2. The van der Waals surface area contributed by atoms with E-state index in [1.807, 2.05) is 19.1 Å². The highest BCUT2D eigenvalue weighted by molar-refractivity contribution is 9.10. The first kappa shape index (κ1) is 13.0. The Morgan fingerprint density at radius 3 is 2.94 bits per heavy atom. The lowest BCUT2D eigenvalue weighted by Gasteiger charge is -2.22. The van der Waals surface area contributed by atoms with Crippen molar-refractivity contribution in [3.63, 3.8) is 0 Å². The van der Waals surface area contributed by atoms with Gasteiger partial charge in [0.15, 0.2) is 0 Å². The number of benzene rings is 1. The maximum absolute atomic E-state index is 11.9. The number of nitrogens with one attached hydrogen (secondary N) is 1. The Morgan fingerprint density at radius 1 is 1.56 bits per heavy atom. The van der Waals surface area contributed by atoms with Gasteiger partial charge in [-0.1, -0.05) is 15.9 Å². The molecule has 3 N–H and O–H groups in total. The predicted molar refractivity (Wildman–Crippen MR) is 73.5 cm³/mol. The first-order valence-corrected chi connectivity index (χ1v) is 6.42. The van der Waals surface area contributed by atoms with E-state index in [0.717, 1.165) is 10.0 Å². The van der Waals surface area contributed by atoms with E-state index in [0.29, 0.717) is 17.9 Å². The first-order chi connectivity index (χ1) is 8.52. The van der Waals surface area contributed by atoms with Crippen LogP contribution in [-0.4, -0.2) is 24.9 Å². The van der Waals surface area contributed by atoms with Gasteiger partial charge in [0.1, 0.15) is 0 Å². The van der Waals surface area contributed by atoms with Crippen LogP contribution < -0.4 is 16.0 Å². The summed E-state index contributed by atoms with van der Waals surface area (Å²) >= 11 is 3.40. The molecule has 0 bridgehead atoms. The molecule has 18 heavy (non-hydrogen) atoms. The van der Waals surface area contributed by atoms with Gasteiger partial charge in [-0.3, -0.25) is 9.59 Å². The minimum atomic E-state index is -0.190. The number of nitrogens with two attached hydrogens (primary N) is 1. The van der Waals surface area contributed by atoms with Crippen molar-refractivity contribution >= 4 is 39.1 Å². The quantitative estimate of drug-likeness (QED) is 0.823. The topological polar surface area (TPSA) is 75.4 Å². The summed E-state index contributed by atoms with van der Waals surface area (Å²) in [5.41, 5.74) is 7.70. The van der Waals surface area contributed by atoms with E-state index in [4.69, 9.17) is 5.73 Å². The molecule has 0 radical (unpaired) electrons. The molecule has 6 heteroatoms. The lowest BCUT2D eigenvalue weighted by atomic mass is 10.1. The van der Waals surface area contributed by atoms with Gasteiger partial charge in [-0.05, 0) is 24.6 Å². The molecule has 5 nitrogen and oxygen atoms in total. The molecule has 0 aromatic heterocycles. The van der Waals surface area contributed by atoms with E-state index in [1.165, 1.54) is 0 Å².